The molecule has 176 valence electrons. The molecule has 4 rings (SSSR count). The minimum atomic E-state index is -0.165. The van der Waals surface area contributed by atoms with Crippen LogP contribution in [0.4, 0.5) is 5.95 Å². The third-order valence-electron chi connectivity index (χ3n) is 6.15. The summed E-state index contributed by atoms with van der Waals surface area (Å²) in [4.78, 5) is 23.4. The molecule has 3 heterocycles. The van der Waals surface area contributed by atoms with Crippen LogP contribution in [0, 0.1) is 20.8 Å². The third kappa shape index (κ3) is 5.27. The van der Waals surface area contributed by atoms with Crippen LogP contribution in [0.2, 0.25) is 0 Å². The highest BCUT2D eigenvalue weighted by molar-refractivity contribution is 5.83. The number of ether oxygens (including phenoxy) is 1. The van der Waals surface area contributed by atoms with Gasteiger partial charge in [0.05, 0.1) is 30.7 Å². The van der Waals surface area contributed by atoms with E-state index in [1.807, 2.05) is 19.9 Å². The number of piperidine rings is 1. The van der Waals surface area contributed by atoms with E-state index < -0.39 is 0 Å². The van der Waals surface area contributed by atoms with Crippen LogP contribution in [0.3, 0.4) is 0 Å². The summed E-state index contributed by atoms with van der Waals surface area (Å²) in [6, 6.07) is 8.00. The van der Waals surface area contributed by atoms with E-state index in [0.29, 0.717) is 25.4 Å². The fraction of sp³-hybridized carbons (Fsp3) is 0.480. The van der Waals surface area contributed by atoms with Crippen molar-refractivity contribution in [1.82, 2.24) is 19.4 Å². The van der Waals surface area contributed by atoms with Gasteiger partial charge in [0.25, 0.3) is 0 Å². The van der Waals surface area contributed by atoms with Crippen LogP contribution in [0.25, 0.3) is 11.0 Å². The molecule has 0 spiro atoms. The summed E-state index contributed by atoms with van der Waals surface area (Å²) in [5.74, 6) is 0.803. The van der Waals surface area contributed by atoms with Crippen LogP contribution in [0.15, 0.2) is 24.3 Å². The lowest BCUT2D eigenvalue weighted by Crippen LogP contribution is -2.42. The van der Waals surface area contributed by atoms with Gasteiger partial charge in [0.2, 0.25) is 5.95 Å². The Labute approximate surface area is 194 Å². The van der Waals surface area contributed by atoms with E-state index in [1.54, 1.807) is 6.07 Å². The monoisotopic (exact) mass is 451 g/mol. The molecule has 1 saturated heterocycles. The number of pyridine rings is 1. The molecule has 1 aliphatic heterocycles. The van der Waals surface area contributed by atoms with Crippen molar-refractivity contribution in [2.75, 3.05) is 31.6 Å². The molecule has 8 heteroatoms. The Hall–Kier alpha value is -3.13. The normalized spacial score (nSPS) is 15.2. The lowest BCUT2D eigenvalue weighted by molar-refractivity contribution is -0.144. The minimum absolute atomic E-state index is 0.165. The van der Waals surface area contributed by atoms with Gasteiger partial charge < -0.3 is 19.7 Å². The molecule has 2 N–H and O–H groups in total. The first-order valence-corrected chi connectivity index (χ1v) is 11.6. The highest BCUT2D eigenvalue weighted by atomic mass is 16.5. The number of benzene rings is 1. The number of esters is 1. The first-order chi connectivity index (χ1) is 15.8. The van der Waals surface area contributed by atoms with Gasteiger partial charge in [-0.05, 0) is 69.9 Å². The molecule has 0 radical (unpaired) electrons. The highest BCUT2D eigenvalue weighted by Gasteiger charge is 2.24. The molecule has 3 aromatic rings. The number of aromatic nitrogens is 3. The molecule has 1 aromatic carbocycles. The Morgan fingerprint density at radius 2 is 1.94 bits per heavy atom. The lowest BCUT2D eigenvalue weighted by Gasteiger charge is -2.32. The van der Waals surface area contributed by atoms with Crippen LogP contribution in [-0.4, -0.2) is 62.8 Å². The van der Waals surface area contributed by atoms with E-state index in [1.165, 1.54) is 5.56 Å². The number of anilines is 1. The Balaban J connectivity index is 1.57. The molecule has 0 unspecified atom stereocenters. The number of likely N-dealkylation sites (tertiary alicyclic amines) is 1. The lowest BCUT2D eigenvalue weighted by atomic mass is 10.1. The van der Waals surface area contributed by atoms with Gasteiger partial charge in [0.15, 0.2) is 0 Å². The standard InChI is InChI=1S/C25H33N5O3/c1-5-33-23(32)15-29-10-8-19(9-11-29)27-25-28-20-13-16(2)12-17(3)24(20)30(25)14-21-22(31)7-6-18(4)26-21/h6-7,12-13,19,31H,5,8-11,14-15H2,1-4H3,(H,27,28). The number of nitrogens with zero attached hydrogens (tertiary/aromatic N) is 4. The zero-order valence-electron chi connectivity index (χ0n) is 19.9. The van der Waals surface area contributed by atoms with Crippen molar-refractivity contribution in [1.29, 1.82) is 0 Å². The summed E-state index contributed by atoms with van der Waals surface area (Å²) in [5.41, 5.74) is 5.78. The maximum atomic E-state index is 11.8. The Bertz CT molecular complexity index is 1150. The van der Waals surface area contributed by atoms with Gasteiger partial charge >= 0.3 is 5.97 Å². The second-order valence-corrected chi connectivity index (χ2v) is 8.89. The number of aromatic hydroxyl groups is 1. The van der Waals surface area contributed by atoms with E-state index in [-0.39, 0.29) is 17.8 Å². The second kappa shape index (κ2) is 9.79. The van der Waals surface area contributed by atoms with Gasteiger partial charge in [-0.15, -0.1) is 0 Å². The van der Waals surface area contributed by atoms with E-state index in [9.17, 15) is 9.90 Å². The fourth-order valence-electron chi connectivity index (χ4n) is 4.59. The summed E-state index contributed by atoms with van der Waals surface area (Å²) in [7, 11) is 0. The molecule has 0 amide bonds. The number of carbonyl (C=O) groups is 1. The maximum Gasteiger partial charge on any atom is 0.320 e. The first kappa shape index (κ1) is 23.0. The summed E-state index contributed by atoms with van der Waals surface area (Å²) in [6.07, 6.45) is 1.82. The third-order valence-corrected chi connectivity index (χ3v) is 6.15. The predicted molar refractivity (Wildman–Crippen MR) is 129 cm³/mol. The molecule has 0 atom stereocenters. The molecular formula is C25H33N5O3. The Kier molecular flexibility index (Phi) is 6.83. The number of hydrogen-bond acceptors (Lipinski definition) is 7. The molecule has 0 saturated carbocycles. The quantitative estimate of drug-likeness (QED) is 0.531. The fourth-order valence-corrected chi connectivity index (χ4v) is 4.59. The van der Waals surface area contributed by atoms with Gasteiger partial charge in [-0.1, -0.05) is 6.07 Å². The van der Waals surface area contributed by atoms with Crippen LogP contribution in [-0.2, 0) is 16.1 Å². The van der Waals surface area contributed by atoms with Crippen LogP contribution >= 0.6 is 0 Å². The van der Waals surface area contributed by atoms with Gasteiger partial charge in [-0.2, -0.15) is 0 Å². The van der Waals surface area contributed by atoms with E-state index >= 15 is 0 Å². The average Bonchev–Trinajstić information content (AvgIpc) is 3.09. The Morgan fingerprint density at radius 3 is 2.67 bits per heavy atom. The average molecular weight is 452 g/mol. The summed E-state index contributed by atoms with van der Waals surface area (Å²) < 4.78 is 7.20. The van der Waals surface area contributed by atoms with Gasteiger partial charge in [-0.25, -0.2) is 4.98 Å². The maximum absolute atomic E-state index is 11.8. The van der Waals surface area contributed by atoms with Crippen molar-refractivity contribution in [2.24, 2.45) is 0 Å². The minimum Gasteiger partial charge on any atom is -0.506 e. The largest absolute Gasteiger partial charge is 0.506 e. The number of nitrogens with one attached hydrogen (secondary N) is 1. The van der Waals surface area contributed by atoms with Gasteiger partial charge in [-0.3, -0.25) is 14.7 Å². The molecule has 2 aromatic heterocycles. The first-order valence-electron chi connectivity index (χ1n) is 11.6. The zero-order chi connectivity index (χ0) is 23.5. The van der Waals surface area contributed by atoms with E-state index in [2.05, 4.69) is 45.7 Å². The molecule has 1 aliphatic rings. The zero-order valence-corrected chi connectivity index (χ0v) is 19.9. The van der Waals surface area contributed by atoms with Crippen molar-refractivity contribution in [2.45, 2.75) is 53.1 Å². The highest BCUT2D eigenvalue weighted by Crippen LogP contribution is 2.28. The summed E-state index contributed by atoms with van der Waals surface area (Å²) in [6.45, 7) is 10.8. The SMILES string of the molecule is CCOC(=O)CN1CCC(Nc2nc3cc(C)cc(C)c3n2Cc2nc(C)ccc2O)CC1. The van der Waals surface area contributed by atoms with Crippen molar-refractivity contribution in [3.05, 3.63) is 46.8 Å². The van der Waals surface area contributed by atoms with Crippen molar-refractivity contribution < 1.29 is 14.6 Å². The van der Waals surface area contributed by atoms with E-state index in [4.69, 9.17) is 9.72 Å². The number of fused-ring (bicyclic) bond motifs is 1. The molecule has 0 bridgehead atoms. The summed E-state index contributed by atoms with van der Waals surface area (Å²) >= 11 is 0. The predicted octanol–water partition coefficient (Wildman–Crippen LogP) is 3.55. The molecule has 0 aliphatic carbocycles. The smallest absolute Gasteiger partial charge is 0.320 e. The van der Waals surface area contributed by atoms with Crippen molar-refractivity contribution in [3.8, 4) is 5.75 Å². The number of carbonyl (C=O) groups excluding carboxylic acids is 1. The Morgan fingerprint density at radius 1 is 1.18 bits per heavy atom. The molecule has 33 heavy (non-hydrogen) atoms. The number of aryl methyl sites for hydroxylation is 3. The molecule has 8 nitrogen and oxygen atoms in total. The van der Waals surface area contributed by atoms with Gasteiger partial charge in [0, 0.05) is 24.8 Å². The van der Waals surface area contributed by atoms with Crippen LogP contribution in [0.1, 0.15) is 42.3 Å². The van der Waals surface area contributed by atoms with Crippen LogP contribution < -0.4 is 5.32 Å². The second-order valence-electron chi connectivity index (χ2n) is 8.89. The van der Waals surface area contributed by atoms with E-state index in [0.717, 1.165) is 54.2 Å². The number of hydrogen-bond donors (Lipinski definition) is 2. The van der Waals surface area contributed by atoms with Crippen molar-refractivity contribution >= 4 is 23.0 Å². The van der Waals surface area contributed by atoms with Crippen LogP contribution in [0.5, 0.6) is 5.75 Å². The molecular weight excluding hydrogens is 418 g/mol. The number of rotatable bonds is 7. The summed E-state index contributed by atoms with van der Waals surface area (Å²) in [5, 5.41) is 14.0. The molecule has 1 fully saturated rings. The van der Waals surface area contributed by atoms with Crippen molar-refractivity contribution in [3.63, 3.8) is 0 Å². The van der Waals surface area contributed by atoms with Gasteiger partial charge in [0.1, 0.15) is 11.4 Å². The number of imidazole rings is 1. The topological polar surface area (TPSA) is 92.5 Å².